The fourth-order valence-corrected chi connectivity index (χ4v) is 0.834. The zero-order valence-corrected chi connectivity index (χ0v) is 9.41. The van der Waals surface area contributed by atoms with Crippen LogP contribution in [0, 0.1) is 0 Å². The molecule has 0 aliphatic rings. The van der Waals surface area contributed by atoms with E-state index in [1.54, 1.807) is 20.2 Å². The normalized spacial score (nSPS) is 11.3. The van der Waals surface area contributed by atoms with Gasteiger partial charge in [-0.1, -0.05) is 6.08 Å². The maximum Gasteiger partial charge on any atom is 0.330 e. The Morgan fingerprint density at radius 1 is 1.40 bits per heavy atom. The summed E-state index contributed by atoms with van der Waals surface area (Å²) in [5.74, 6) is -0.859. The van der Waals surface area contributed by atoms with Gasteiger partial charge in [0.15, 0.2) is 0 Å². The van der Waals surface area contributed by atoms with Gasteiger partial charge in [0.1, 0.15) is 0 Å². The number of hydrogen-bond donors (Lipinski definition) is 2. The highest BCUT2D eigenvalue weighted by molar-refractivity contribution is 5.85. The van der Waals surface area contributed by atoms with Crippen molar-refractivity contribution >= 4 is 11.9 Å². The molecule has 0 aromatic carbocycles. The average Bonchev–Trinajstić information content (AvgIpc) is 2.16. The summed E-state index contributed by atoms with van der Waals surface area (Å²) in [5.41, 5.74) is 0.307. The highest BCUT2D eigenvalue weighted by Crippen LogP contribution is 1.90. The number of aliphatic carboxylic acids is 1. The van der Waals surface area contributed by atoms with Crippen LogP contribution >= 0.6 is 0 Å². The van der Waals surface area contributed by atoms with E-state index in [1.165, 1.54) is 11.8 Å². The minimum atomic E-state index is -0.916. The first-order valence-corrected chi connectivity index (χ1v) is 4.76. The summed E-state index contributed by atoms with van der Waals surface area (Å²) in [6, 6.07) is 0. The molecule has 0 fully saturated rings. The molecule has 0 aromatic heterocycles. The third-order valence-corrected chi connectivity index (χ3v) is 1.90. The SMILES string of the molecule is C/C(=C/CNCCC(=O)N(C)C)C(=O)O. The first-order valence-electron chi connectivity index (χ1n) is 4.76. The van der Waals surface area contributed by atoms with Crippen LogP contribution in [-0.4, -0.2) is 49.1 Å². The molecule has 0 aliphatic heterocycles. The monoisotopic (exact) mass is 214 g/mol. The highest BCUT2D eigenvalue weighted by Gasteiger charge is 2.02. The summed E-state index contributed by atoms with van der Waals surface area (Å²) in [5, 5.41) is 11.5. The summed E-state index contributed by atoms with van der Waals surface area (Å²) in [6.07, 6.45) is 2.01. The lowest BCUT2D eigenvalue weighted by molar-refractivity contribution is -0.132. The lowest BCUT2D eigenvalue weighted by atomic mass is 10.3. The second-order valence-electron chi connectivity index (χ2n) is 3.43. The Morgan fingerprint density at radius 3 is 2.47 bits per heavy atom. The van der Waals surface area contributed by atoms with Crippen LogP contribution < -0.4 is 5.32 Å². The van der Waals surface area contributed by atoms with Crippen molar-refractivity contribution in [3.05, 3.63) is 11.6 Å². The van der Waals surface area contributed by atoms with Crippen LogP contribution in [0.25, 0.3) is 0 Å². The quantitative estimate of drug-likeness (QED) is 0.485. The third kappa shape index (κ3) is 6.68. The van der Waals surface area contributed by atoms with Gasteiger partial charge in [-0.15, -0.1) is 0 Å². The fraction of sp³-hybridized carbons (Fsp3) is 0.600. The number of nitrogens with zero attached hydrogens (tertiary/aromatic N) is 1. The molecule has 0 saturated heterocycles. The van der Waals surface area contributed by atoms with Gasteiger partial charge in [0.2, 0.25) is 5.91 Å². The van der Waals surface area contributed by atoms with Crippen molar-refractivity contribution in [3.8, 4) is 0 Å². The Bertz CT molecular complexity index is 259. The molecule has 0 spiro atoms. The van der Waals surface area contributed by atoms with Gasteiger partial charge in [-0.3, -0.25) is 4.79 Å². The van der Waals surface area contributed by atoms with E-state index in [0.29, 0.717) is 25.1 Å². The Balaban J connectivity index is 3.60. The van der Waals surface area contributed by atoms with Crippen LogP contribution in [0.2, 0.25) is 0 Å². The molecule has 0 rings (SSSR count). The third-order valence-electron chi connectivity index (χ3n) is 1.90. The van der Waals surface area contributed by atoms with Crippen LogP contribution in [0.3, 0.4) is 0 Å². The molecule has 0 heterocycles. The van der Waals surface area contributed by atoms with Crippen molar-refractivity contribution in [2.45, 2.75) is 13.3 Å². The van der Waals surface area contributed by atoms with Crippen molar-refractivity contribution in [2.75, 3.05) is 27.2 Å². The van der Waals surface area contributed by atoms with Crippen molar-refractivity contribution in [1.29, 1.82) is 0 Å². The zero-order valence-electron chi connectivity index (χ0n) is 9.41. The number of amides is 1. The number of carboxylic acid groups (broad SMARTS) is 1. The van der Waals surface area contributed by atoms with Gasteiger partial charge in [0, 0.05) is 39.2 Å². The van der Waals surface area contributed by atoms with Crippen molar-refractivity contribution in [3.63, 3.8) is 0 Å². The smallest absolute Gasteiger partial charge is 0.330 e. The Labute approximate surface area is 89.8 Å². The van der Waals surface area contributed by atoms with Crippen LogP contribution in [0.1, 0.15) is 13.3 Å². The molecule has 0 saturated carbocycles. The van der Waals surface area contributed by atoms with E-state index in [0.717, 1.165) is 0 Å². The van der Waals surface area contributed by atoms with E-state index in [4.69, 9.17) is 5.11 Å². The van der Waals surface area contributed by atoms with E-state index in [-0.39, 0.29) is 5.91 Å². The summed E-state index contributed by atoms with van der Waals surface area (Å²) >= 11 is 0. The predicted molar refractivity (Wildman–Crippen MR) is 57.6 cm³/mol. The van der Waals surface area contributed by atoms with Crippen LogP contribution in [0.4, 0.5) is 0 Å². The number of carbonyl (C=O) groups is 2. The molecule has 2 N–H and O–H groups in total. The van der Waals surface area contributed by atoms with E-state index in [2.05, 4.69) is 5.32 Å². The summed E-state index contributed by atoms with van der Waals surface area (Å²) in [6.45, 7) is 2.56. The lowest BCUT2D eigenvalue weighted by Gasteiger charge is -2.09. The van der Waals surface area contributed by atoms with E-state index < -0.39 is 5.97 Å². The first kappa shape index (κ1) is 13.6. The molecule has 1 amide bonds. The number of hydrogen-bond acceptors (Lipinski definition) is 3. The number of carbonyl (C=O) groups excluding carboxylic acids is 1. The summed E-state index contributed by atoms with van der Waals surface area (Å²) in [7, 11) is 3.41. The minimum Gasteiger partial charge on any atom is -0.478 e. The van der Waals surface area contributed by atoms with E-state index in [1.807, 2.05) is 0 Å². The van der Waals surface area contributed by atoms with Crippen molar-refractivity contribution in [1.82, 2.24) is 10.2 Å². The first-order chi connectivity index (χ1) is 6.95. The maximum absolute atomic E-state index is 11.1. The Kier molecular flexibility index (Phi) is 6.37. The molecule has 0 bridgehead atoms. The maximum atomic E-state index is 11.1. The molecule has 0 atom stereocenters. The highest BCUT2D eigenvalue weighted by atomic mass is 16.4. The summed E-state index contributed by atoms with van der Waals surface area (Å²) < 4.78 is 0. The molecule has 0 aliphatic carbocycles. The second-order valence-corrected chi connectivity index (χ2v) is 3.43. The van der Waals surface area contributed by atoms with Gasteiger partial charge in [-0.25, -0.2) is 4.79 Å². The minimum absolute atomic E-state index is 0.0569. The Hall–Kier alpha value is -1.36. The fourth-order valence-electron chi connectivity index (χ4n) is 0.834. The van der Waals surface area contributed by atoms with E-state index >= 15 is 0 Å². The van der Waals surface area contributed by atoms with Crippen molar-refractivity contribution < 1.29 is 14.7 Å². The van der Waals surface area contributed by atoms with Crippen LogP contribution in [0.15, 0.2) is 11.6 Å². The molecule has 0 unspecified atom stereocenters. The number of carboxylic acids is 1. The molecule has 86 valence electrons. The van der Waals surface area contributed by atoms with Gasteiger partial charge >= 0.3 is 5.97 Å². The standard InChI is InChI=1S/C10H18N2O3/c1-8(10(14)15)4-6-11-7-5-9(13)12(2)3/h4,11H,5-7H2,1-3H3,(H,14,15)/b8-4-. The van der Waals surface area contributed by atoms with Gasteiger partial charge < -0.3 is 15.3 Å². The lowest BCUT2D eigenvalue weighted by Crippen LogP contribution is -2.26. The van der Waals surface area contributed by atoms with Crippen LogP contribution in [0.5, 0.6) is 0 Å². The predicted octanol–water partition coefficient (Wildman–Crippen LogP) is 0.0852. The second kappa shape index (κ2) is 7.00. The van der Waals surface area contributed by atoms with Crippen molar-refractivity contribution in [2.24, 2.45) is 0 Å². The molecule has 0 radical (unpaired) electrons. The van der Waals surface area contributed by atoms with Gasteiger partial charge in [0.05, 0.1) is 0 Å². The van der Waals surface area contributed by atoms with Gasteiger partial charge in [-0.2, -0.15) is 0 Å². The molecule has 5 nitrogen and oxygen atoms in total. The van der Waals surface area contributed by atoms with E-state index in [9.17, 15) is 9.59 Å². The Morgan fingerprint density at radius 2 is 2.00 bits per heavy atom. The summed E-state index contributed by atoms with van der Waals surface area (Å²) in [4.78, 5) is 23.1. The van der Waals surface area contributed by atoms with Gasteiger partial charge in [0.25, 0.3) is 0 Å². The molecule has 15 heavy (non-hydrogen) atoms. The number of rotatable bonds is 6. The van der Waals surface area contributed by atoms with Gasteiger partial charge in [-0.05, 0) is 6.92 Å². The number of nitrogens with one attached hydrogen (secondary N) is 1. The molecular weight excluding hydrogens is 196 g/mol. The molecule has 0 aromatic rings. The molecular formula is C10H18N2O3. The average molecular weight is 214 g/mol. The topological polar surface area (TPSA) is 69.6 Å². The van der Waals surface area contributed by atoms with Crippen LogP contribution in [-0.2, 0) is 9.59 Å². The zero-order chi connectivity index (χ0) is 11.8. The largest absolute Gasteiger partial charge is 0.478 e. The molecule has 5 heteroatoms.